The highest BCUT2D eigenvalue weighted by Crippen LogP contribution is 2.28. The third-order valence-electron chi connectivity index (χ3n) is 2.75. The van der Waals surface area contributed by atoms with Crippen LogP contribution in [0.25, 0.3) is 0 Å². The van der Waals surface area contributed by atoms with E-state index >= 15 is 0 Å². The Kier molecular flexibility index (Phi) is 4.97. The van der Waals surface area contributed by atoms with E-state index in [0.717, 1.165) is 5.71 Å². The molecule has 89 valence electrons. The van der Waals surface area contributed by atoms with Crippen LogP contribution < -0.4 is 0 Å². The van der Waals surface area contributed by atoms with E-state index in [4.69, 9.17) is 9.73 Å². The van der Waals surface area contributed by atoms with Crippen molar-refractivity contribution >= 4 is 5.71 Å². The zero-order valence-corrected chi connectivity index (χ0v) is 10.9. The molecular formula is C14H22NO. The maximum atomic E-state index is 5.24. The molecule has 0 aromatic carbocycles. The Morgan fingerprint density at radius 1 is 1.31 bits per heavy atom. The first-order valence-electron chi connectivity index (χ1n) is 5.70. The second-order valence-electron chi connectivity index (χ2n) is 5.23. The zero-order chi connectivity index (χ0) is 12.2. The summed E-state index contributed by atoms with van der Waals surface area (Å²) in [5, 5.41) is 0. The third kappa shape index (κ3) is 3.89. The molecule has 0 amide bonds. The van der Waals surface area contributed by atoms with E-state index in [0.29, 0.717) is 6.61 Å². The van der Waals surface area contributed by atoms with Crippen LogP contribution in [-0.4, -0.2) is 25.5 Å². The molecule has 2 heteroatoms. The predicted molar refractivity (Wildman–Crippen MR) is 68.7 cm³/mol. The number of ether oxygens (including phenoxy) is 1. The van der Waals surface area contributed by atoms with Gasteiger partial charge in [0, 0.05) is 18.7 Å². The quantitative estimate of drug-likeness (QED) is 0.668. The number of methoxy groups -OCH3 is 1. The Bertz CT molecular complexity index is 234. The molecule has 1 saturated carbocycles. The van der Waals surface area contributed by atoms with Crippen LogP contribution in [0.5, 0.6) is 0 Å². The van der Waals surface area contributed by atoms with Crippen LogP contribution in [0.2, 0.25) is 0 Å². The van der Waals surface area contributed by atoms with Gasteiger partial charge in [-0.25, -0.2) is 0 Å². The van der Waals surface area contributed by atoms with Crippen molar-refractivity contribution in [1.29, 1.82) is 0 Å². The first-order chi connectivity index (χ1) is 7.45. The lowest BCUT2D eigenvalue weighted by Crippen LogP contribution is -2.30. The lowest BCUT2D eigenvalue weighted by molar-refractivity contribution is 0.136. The first kappa shape index (κ1) is 13.7. The summed E-state index contributed by atoms with van der Waals surface area (Å²) in [4.78, 5) is 4.77. The highest BCUT2D eigenvalue weighted by atomic mass is 16.5. The van der Waals surface area contributed by atoms with Crippen LogP contribution in [0.3, 0.4) is 0 Å². The van der Waals surface area contributed by atoms with Gasteiger partial charge in [0.05, 0.1) is 12.6 Å². The molecule has 1 rings (SSSR count). The fourth-order valence-electron chi connectivity index (χ4n) is 1.56. The van der Waals surface area contributed by atoms with Crippen molar-refractivity contribution in [3.63, 3.8) is 0 Å². The fourth-order valence-corrected chi connectivity index (χ4v) is 1.56. The van der Waals surface area contributed by atoms with E-state index < -0.39 is 0 Å². The molecule has 0 aromatic rings. The number of rotatable bonds is 4. The molecule has 0 heterocycles. The van der Waals surface area contributed by atoms with Crippen LogP contribution >= 0.6 is 0 Å². The van der Waals surface area contributed by atoms with Gasteiger partial charge in [-0.2, -0.15) is 0 Å². The fraction of sp³-hybridized carbons (Fsp3) is 0.571. The molecular weight excluding hydrogens is 198 g/mol. The van der Waals surface area contributed by atoms with Gasteiger partial charge >= 0.3 is 0 Å². The van der Waals surface area contributed by atoms with Crippen molar-refractivity contribution < 1.29 is 4.74 Å². The van der Waals surface area contributed by atoms with Crippen molar-refractivity contribution in [2.45, 2.75) is 33.7 Å². The van der Waals surface area contributed by atoms with E-state index in [2.05, 4.69) is 40.5 Å². The minimum atomic E-state index is 0.129. The standard InChI is InChI=1S/C14H22NO/c1-11(12-8-6-7-9-12)15-13(10-16-5)14(2,3)4/h6-9,13H,10H2,1-5H3/t13-/m1/s1. The molecule has 0 bridgehead atoms. The van der Waals surface area contributed by atoms with Gasteiger partial charge in [0.2, 0.25) is 0 Å². The molecule has 16 heavy (non-hydrogen) atoms. The summed E-state index contributed by atoms with van der Waals surface area (Å²) in [6.45, 7) is 9.31. The number of hydrogen-bond acceptors (Lipinski definition) is 2. The van der Waals surface area contributed by atoms with E-state index in [9.17, 15) is 0 Å². The predicted octanol–water partition coefficient (Wildman–Crippen LogP) is 2.91. The summed E-state index contributed by atoms with van der Waals surface area (Å²) >= 11 is 0. The van der Waals surface area contributed by atoms with Gasteiger partial charge in [0.15, 0.2) is 0 Å². The summed E-state index contributed by atoms with van der Waals surface area (Å²) in [5.74, 6) is 1.20. The Morgan fingerprint density at radius 2 is 1.88 bits per heavy atom. The van der Waals surface area contributed by atoms with Crippen molar-refractivity contribution in [3.8, 4) is 0 Å². The Balaban J connectivity index is 2.67. The zero-order valence-electron chi connectivity index (χ0n) is 10.9. The summed E-state index contributed by atoms with van der Waals surface area (Å²) in [6, 6.07) is 0.201. The maximum Gasteiger partial charge on any atom is 0.0780 e. The summed E-state index contributed by atoms with van der Waals surface area (Å²) in [6.07, 6.45) is 8.25. The van der Waals surface area contributed by atoms with Crippen molar-refractivity contribution in [2.75, 3.05) is 13.7 Å². The molecule has 1 atom stereocenters. The number of nitrogens with zero attached hydrogens (tertiary/aromatic N) is 1. The van der Waals surface area contributed by atoms with Crippen LogP contribution in [-0.2, 0) is 4.74 Å². The molecule has 0 aliphatic heterocycles. The van der Waals surface area contributed by atoms with Crippen molar-refractivity contribution in [1.82, 2.24) is 0 Å². The Hall–Kier alpha value is -0.370. The molecule has 1 aliphatic rings. The largest absolute Gasteiger partial charge is 0.382 e. The Labute approximate surface area is 100 Å². The average molecular weight is 220 g/mol. The molecule has 0 aromatic heterocycles. The summed E-state index contributed by atoms with van der Waals surface area (Å²) in [5.41, 5.74) is 1.21. The number of hydrogen-bond donors (Lipinski definition) is 0. The van der Waals surface area contributed by atoms with Crippen LogP contribution in [0.15, 0.2) is 4.99 Å². The highest BCUT2D eigenvalue weighted by Gasteiger charge is 2.26. The molecule has 0 saturated heterocycles. The van der Waals surface area contributed by atoms with Gasteiger partial charge in [-0.1, -0.05) is 20.8 Å². The molecule has 1 fully saturated rings. The molecule has 0 N–H and O–H groups in total. The Morgan fingerprint density at radius 3 is 2.31 bits per heavy atom. The molecule has 1 aliphatic carbocycles. The van der Waals surface area contributed by atoms with Gasteiger partial charge in [0.25, 0.3) is 0 Å². The van der Waals surface area contributed by atoms with Gasteiger partial charge < -0.3 is 4.74 Å². The van der Waals surface area contributed by atoms with E-state index in [1.807, 2.05) is 12.8 Å². The van der Waals surface area contributed by atoms with Crippen LogP contribution in [0.1, 0.15) is 27.7 Å². The number of aliphatic imine (C=N–C) groups is 1. The van der Waals surface area contributed by atoms with E-state index in [1.54, 1.807) is 7.11 Å². The second kappa shape index (κ2) is 5.81. The van der Waals surface area contributed by atoms with Gasteiger partial charge in [-0.3, -0.25) is 4.99 Å². The summed E-state index contributed by atoms with van der Waals surface area (Å²) in [7, 11) is 1.73. The highest BCUT2D eigenvalue weighted by molar-refractivity contribution is 6.00. The van der Waals surface area contributed by atoms with Crippen molar-refractivity contribution in [2.24, 2.45) is 10.4 Å². The van der Waals surface area contributed by atoms with E-state index in [1.165, 1.54) is 5.92 Å². The molecule has 2 nitrogen and oxygen atoms in total. The second-order valence-corrected chi connectivity index (χ2v) is 5.23. The van der Waals surface area contributed by atoms with E-state index in [-0.39, 0.29) is 11.5 Å². The molecule has 5 radical (unpaired) electrons. The van der Waals surface area contributed by atoms with Gasteiger partial charge in [-0.15, -0.1) is 0 Å². The minimum Gasteiger partial charge on any atom is -0.382 e. The molecule has 0 unspecified atom stereocenters. The lowest BCUT2D eigenvalue weighted by atomic mass is 9.87. The third-order valence-corrected chi connectivity index (χ3v) is 2.75. The first-order valence-corrected chi connectivity index (χ1v) is 5.70. The van der Waals surface area contributed by atoms with Crippen molar-refractivity contribution in [3.05, 3.63) is 31.6 Å². The van der Waals surface area contributed by atoms with Crippen LogP contribution in [0.4, 0.5) is 0 Å². The lowest BCUT2D eigenvalue weighted by Gasteiger charge is -2.28. The minimum absolute atomic E-state index is 0.129. The SMILES string of the molecule is COC[C@@H](N=C(C)[C]1[CH][CH][CH][CH]1)C(C)(C)C. The monoisotopic (exact) mass is 220 g/mol. The summed E-state index contributed by atoms with van der Waals surface area (Å²) < 4.78 is 5.24. The van der Waals surface area contributed by atoms with Gasteiger partial charge in [-0.05, 0) is 38.0 Å². The topological polar surface area (TPSA) is 21.6 Å². The smallest absolute Gasteiger partial charge is 0.0780 e. The normalized spacial score (nSPS) is 21.4. The maximum absolute atomic E-state index is 5.24. The van der Waals surface area contributed by atoms with Gasteiger partial charge in [0.1, 0.15) is 0 Å². The van der Waals surface area contributed by atoms with Crippen LogP contribution in [0, 0.1) is 37.0 Å². The molecule has 0 spiro atoms. The average Bonchev–Trinajstić information content (AvgIpc) is 2.68.